The Hall–Kier alpha value is -2.24. The zero-order chi connectivity index (χ0) is 17.5. The van der Waals surface area contributed by atoms with Gasteiger partial charge in [-0.2, -0.15) is 0 Å². The van der Waals surface area contributed by atoms with Crippen LogP contribution in [0.4, 0.5) is 10.5 Å². The molecule has 0 saturated carbocycles. The molecule has 0 aliphatic carbocycles. The number of aliphatic imine (C=N–C) groups is 1. The molecule has 3 rings (SSSR count). The number of rotatable bonds is 3. The number of nitrogens with two attached hydrogens (primary N) is 1. The second-order valence-electron chi connectivity index (χ2n) is 6.90. The van der Waals surface area contributed by atoms with Gasteiger partial charge in [0.2, 0.25) is 0 Å². The summed E-state index contributed by atoms with van der Waals surface area (Å²) in [5.74, 6) is 0.633. The quantitative estimate of drug-likeness (QED) is 0.654. The first-order chi connectivity index (χ1) is 12.2. The summed E-state index contributed by atoms with van der Waals surface area (Å²) in [6.45, 7) is 4.24. The van der Waals surface area contributed by atoms with Crippen molar-refractivity contribution in [1.29, 1.82) is 0 Å². The molecule has 2 heterocycles. The van der Waals surface area contributed by atoms with Crippen LogP contribution in [-0.2, 0) is 6.54 Å². The number of hydrogen-bond donors (Lipinski definition) is 2. The molecule has 2 saturated heterocycles. The van der Waals surface area contributed by atoms with Crippen LogP contribution < -0.4 is 11.1 Å². The van der Waals surface area contributed by atoms with E-state index in [1.165, 1.54) is 25.7 Å². The molecule has 3 N–H and O–H groups in total. The third-order valence-electron chi connectivity index (χ3n) is 4.93. The SMILES string of the molecule is NC(=NCc1cccc(NC(=O)N2CCCC2)c1)N1CCCCCC1. The van der Waals surface area contributed by atoms with E-state index in [0.717, 1.165) is 50.3 Å². The van der Waals surface area contributed by atoms with Gasteiger partial charge in [-0.05, 0) is 43.4 Å². The van der Waals surface area contributed by atoms with Crippen molar-refractivity contribution in [3.05, 3.63) is 29.8 Å². The largest absolute Gasteiger partial charge is 0.370 e. The van der Waals surface area contributed by atoms with E-state index in [2.05, 4.69) is 15.2 Å². The normalized spacial score (nSPS) is 19.0. The summed E-state index contributed by atoms with van der Waals surface area (Å²) in [5.41, 5.74) is 8.04. The molecule has 2 fully saturated rings. The highest BCUT2D eigenvalue weighted by Gasteiger charge is 2.17. The van der Waals surface area contributed by atoms with Crippen molar-refractivity contribution < 1.29 is 4.79 Å². The molecular weight excluding hydrogens is 314 g/mol. The van der Waals surface area contributed by atoms with Crippen molar-refractivity contribution in [2.75, 3.05) is 31.5 Å². The molecule has 0 spiro atoms. The molecule has 1 aromatic rings. The molecule has 1 aromatic carbocycles. The number of hydrogen-bond acceptors (Lipinski definition) is 2. The van der Waals surface area contributed by atoms with Crippen LogP contribution in [0.15, 0.2) is 29.3 Å². The molecule has 0 radical (unpaired) electrons. The Morgan fingerprint density at radius 2 is 1.64 bits per heavy atom. The van der Waals surface area contributed by atoms with Crippen LogP contribution in [0.1, 0.15) is 44.1 Å². The number of nitrogens with zero attached hydrogens (tertiary/aromatic N) is 3. The second-order valence-corrected chi connectivity index (χ2v) is 6.90. The van der Waals surface area contributed by atoms with Crippen LogP contribution in [0.2, 0.25) is 0 Å². The van der Waals surface area contributed by atoms with Crippen LogP contribution >= 0.6 is 0 Å². The lowest BCUT2D eigenvalue weighted by Gasteiger charge is -2.21. The van der Waals surface area contributed by atoms with Gasteiger partial charge in [0.15, 0.2) is 5.96 Å². The van der Waals surface area contributed by atoms with Gasteiger partial charge >= 0.3 is 6.03 Å². The van der Waals surface area contributed by atoms with E-state index < -0.39 is 0 Å². The highest BCUT2D eigenvalue weighted by molar-refractivity contribution is 5.89. The van der Waals surface area contributed by atoms with E-state index in [-0.39, 0.29) is 6.03 Å². The number of carbonyl (C=O) groups is 1. The van der Waals surface area contributed by atoms with E-state index >= 15 is 0 Å². The van der Waals surface area contributed by atoms with Crippen LogP contribution in [0.25, 0.3) is 0 Å². The maximum Gasteiger partial charge on any atom is 0.321 e. The Morgan fingerprint density at radius 1 is 1.00 bits per heavy atom. The van der Waals surface area contributed by atoms with Crippen LogP contribution in [0.5, 0.6) is 0 Å². The first-order valence-corrected chi connectivity index (χ1v) is 9.42. The Balaban J connectivity index is 1.57. The van der Waals surface area contributed by atoms with Crippen LogP contribution in [0, 0.1) is 0 Å². The predicted octanol–water partition coefficient (Wildman–Crippen LogP) is 3.01. The minimum Gasteiger partial charge on any atom is -0.370 e. The van der Waals surface area contributed by atoms with Crippen molar-refractivity contribution in [3.8, 4) is 0 Å². The topological polar surface area (TPSA) is 74.0 Å². The van der Waals surface area contributed by atoms with Gasteiger partial charge < -0.3 is 20.9 Å². The van der Waals surface area contributed by atoms with Gasteiger partial charge in [-0.1, -0.05) is 25.0 Å². The smallest absolute Gasteiger partial charge is 0.321 e. The summed E-state index contributed by atoms with van der Waals surface area (Å²) in [6.07, 6.45) is 7.13. The Kier molecular flexibility index (Phi) is 6.14. The van der Waals surface area contributed by atoms with E-state index in [1.54, 1.807) is 0 Å². The van der Waals surface area contributed by atoms with Crippen molar-refractivity contribution >= 4 is 17.7 Å². The van der Waals surface area contributed by atoms with Crippen molar-refractivity contribution in [1.82, 2.24) is 9.80 Å². The summed E-state index contributed by atoms with van der Waals surface area (Å²) in [7, 11) is 0. The molecule has 6 heteroatoms. The van der Waals surface area contributed by atoms with Crippen LogP contribution in [0.3, 0.4) is 0 Å². The van der Waals surface area contributed by atoms with Gasteiger partial charge in [0.25, 0.3) is 0 Å². The van der Waals surface area contributed by atoms with Crippen LogP contribution in [-0.4, -0.2) is 48.0 Å². The van der Waals surface area contributed by atoms with Gasteiger partial charge in [-0.25, -0.2) is 9.79 Å². The predicted molar refractivity (Wildman–Crippen MR) is 102 cm³/mol. The summed E-state index contributed by atoms with van der Waals surface area (Å²) in [6, 6.07) is 7.85. The van der Waals surface area contributed by atoms with E-state index in [4.69, 9.17) is 5.73 Å². The summed E-state index contributed by atoms with van der Waals surface area (Å²) in [4.78, 5) is 20.8. The molecule has 0 aromatic heterocycles. The number of amides is 2. The molecule has 2 aliphatic heterocycles. The van der Waals surface area contributed by atoms with E-state index in [1.807, 2.05) is 29.2 Å². The molecule has 0 unspecified atom stereocenters. The maximum atomic E-state index is 12.2. The number of urea groups is 1. The fourth-order valence-electron chi connectivity index (χ4n) is 3.44. The summed E-state index contributed by atoms with van der Waals surface area (Å²) >= 11 is 0. The highest BCUT2D eigenvalue weighted by Crippen LogP contribution is 2.15. The third-order valence-corrected chi connectivity index (χ3v) is 4.93. The van der Waals surface area contributed by atoms with Gasteiger partial charge in [-0.3, -0.25) is 0 Å². The zero-order valence-corrected chi connectivity index (χ0v) is 14.9. The monoisotopic (exact) mass is 343 g/mol. The van der Waals surface area contributed by atoms with Gasteiger partial charge in [0.05, 0.1) is 6.54 Å². The number of nitrogens with one attached hydrogen (secondary N) is 1. The Bertz CT molecular complexity index is 602. The molecule has 0 atom stereocenters. The van der Waals surface area contributed by atoms with E-state index in [0.29, 0.717) is 12.5 Å². The van der Waals surface area contributed by atoms with Crippen molar-refractivity contribution in [3.63, 3.8) is 0 Å². The number of benzene rings is 1. The average molecular weight is 343 g/mol. The minimum atomic E-state index is -0.0118. The second kappa shape index (κ2) is 8.74. The summed E-state index contributed by atoms with van der Waals surface area (Å²) < 4.78 is 0. The fourth-order valence-corrected chi connectivity index (χ4v) is 3.44. The molecule has 136 valence electrons. The lowest BCUT2D eigenvalue weighted by atomic mass is 10.2. The number of carbonyl (C=O) groups excluding carboxylic acids is 1. The highest BCUT2D eigenvalue weighted by atomic mass is 16.2. The Labute approximate surface area is 150 Å². The standard InChI is InChI=1S/C19H29N5O/c20-18(23-10-3-1-2-4-11-23)21-15-16-8-7-9-17(14-16)22-19(25)24-12-5-6-13-24/h7-9,14H,1-6,10-13,15H2,(H2,20,21)(H,22,25). The molecule has 6 nitrogen and oxygen atoms in total. The average Bonchev–Trinajstić information content (AvgIpc) is 3.03. The lowest BCUT2D eigenvalue weighted by Crippen LogP contribution is -2.38. The number of guanidine groups is 1. The molecule has 0 bridgehead atoms. The fraction of sp³-hybridized carbons (Fsp3) is 0.579. The first-order valence-electron chi connectivity index (χ1n) is 9.42. The van der Waals surface area contributed by atoms with E-state index in [9.17, 15) is 4.79 Å². The number of anilines is 1. The molecular formula is C19H29N5O. The zero-order valence-electron chi connectivity index (χ0n) is 14.9. The van der Waals surface area contributed by atoms with Gasteiger partial charge in [0, 0.05) is 31.9 Å². The molecule has 2 amide bonds. The third kappa shape index (κ3) is 5.11. The summed E-state index contributed by atoms with van der Waals surface area (Å²) in [5, 5.41) is 2.98. The Morgan fingerprint density at radius 3 is 2.36 bits per heavy atom. The minimum absolute atomic E-state index is 0.0118. The van der Waals surface area contributed by atoms with Gasteiger partial charge in [-0.15, -0.1) is 0 Å². The first kappa shape index (κ1) is 17.6. The number of likely N-dealkylation sites (tertiary alicyclic amines) is 2. The molecule has 2 aliphatic rings. The molecule has 25 heavy (non-hydrogen) atoms. The maximum absolute atomic E-state index is 12.2. The van der Waals surface area contributed by atoms with Gasteiger partial charge in [0.1, 0.15) is 0 Å². The van der Waals surface area contributed by atoms with Crippen molar-refractivity contribution in [2.24, 2.45) is 10.7 Å². The van der Waals surface area contributed by atoms with Crippen molar-refractivity contribution in [2.45, 2.75) is 45.1 Å². The lowest BCUT2D eigenvalue weighted by molar-refractivity contribution is 0.222.